The van der Waals surface area contributed by atoms with Crippen LogP contribution < -0.4 is 57.3 Å². The smallest absolute Gasteiger partial charge is 0.311 e. The number of halogens is 3. The Kier molecular flexibility index (Phi) is 14.7. The standard InChI is InChI=1S/C91H60B2F3N5S/c94-91(95,96)73-48-30-47-72(63-35-12-3-13-36-63)90(73)101-82-60-86-77(59-76(82)92-74-49-24-28-53-80(74)99(67-43-20-7-21-44-67)83-55-68(56-84(101)88(83)92)97(64-37-14-4-15-38-64)65-39-16-5-17-40-65)93-75-50-25-29-54-81(75)100(79-52-27-23-46-71(79)62-33-10-2-11-34-62)85-57-69(58-87(102-86)89(85)93)98(66-41-18-6-19-42-66)78-51-26-22-45-70(78)61-31-8-1-9-32-61/h1-60H. The highest BCUT2D eigenvalue weighted by Crippen LogP contribution is 2.55. The molecule has 15 aromatic carbocycles. The summed E-state index contributed by atoms with van der Waals surface area (Å²) in [7, 11) is 0. The van der Waals surface area contributed by atoms with E-state index in [1.807, 2.05) is 83.8 Å². The molecular formula is C91H60B2F3N5S. The fraction of sp³-hybridized carbons (Fsp3) is 0.0110. The summed E-state index contributed by atoms with van der Waals surface area (Å²) >= 11 is 1.70. The lowest BCUT2D eigenvalue weighted by Crippen LogP contribution is -2.64. The molecule has 4 aliphatic heterocycles. The van der Waals surface area contributed by atoms with Crippen LogP contribution in [0.25, 0.3) is 33.4 Å². The largest absolute Gasteiger partial charge is 0.418 e. The minimum absolute atomic E-state index is 0.0448. The first-order valence-corrected chi connectivity index (χ1v) is 35.3. The van der Waals surface area contributed by atoms with Crippen LogP contribution in [0.15, 0.2) is 374 Å². The first-order valence-electron chi connectivity index (χ1n) is 34.5. The monoisotopic (exact) mass is 1330 g/mol. The molecule has 482 valence electrons. The fourth-order valence-corrected chi connectivity index (χ4v) is 17.5. The zero-order valence-electron chi connectivity index (χ0n) is 55.1. The molecule has 19 rings (SSSR count). The van der Waals surface area contributed by atoms with Gasteiger partial charge in [0.25, 0.3) is 6.71 Å². The van der Waals surface area contributed by atoms with Crippen molar-refractivity contribution in [1.29, 1.82) is 0 Å². The van der Waals surface area contributed by atoms with Crippen molar-refractivity contribution in [3.8, 4) is 33.4 Å². The van der Waals surface area contributed by atoms with E-state index in [1.54, 1.807) is 17.8 Å². The van der Waals surface area contributed by atoms with Gasteiger partial charge in [-0.15, -0.1) is 0 Å². The maximum atomic E-state index is 17.0. The Morgan fingerprint density at radius 2 is 0.706 bits per heavy atom. The second-order valence-corrected chi connectivity index (χ2v) is 27.2. The molecule has 0 N–H and O–H groups in total. The van der Waals surface area contributed by atoms with Crippen LogP contribution in [0.3, 0.4) is 0 Å². The summed E-state index contributed by atoms with van der Waals surface area (Å²) in [6.45, 7) is -0.810. The van der Waals surface area contributed by atoms with Crippen LogP contribution in [0, 0.1) is 0 Å². The second kappa shape index (κ2) is 24.8. The van der Waals surface area contributed by atoms with Crippen molar-refractivity contribution in [2.75, 3.05) is 24.5 Å². The molecule has 0 bridgehead atoms. The van der Waals surface area contributed by atoms with Crippen LogP contribution in [0.5, 0.6) is 0 Å². The van der Waals surface area contributed by atoms with E-state index in [0.717, 1.165) is 133 Å². The van der Waals surface area contributed by atoms with Crippen molar-refractivity contribution in [1.82, 2.24) is 0 Å². The zero-order chi connectivity index (χ0) is 68.0. The Balaban J connectivity index is 0.932. The highest BCUT2D eigenvalue weighted by Gasteiger charge is 2.49. The van der Waals surface area contributed by atoms with Gasteiger partial charge in [-0.05, 0) is 153 Å². The highest BCUT2D eigenvalue weighted by molar-refractivity contribution is 8.00. The highest BCUT2D eigenvalue weighted by atomic mass is 32.2. The van der Waals surface area contributed by atoms with E-state index in [1.165, 1.54) is 6.07 Å². The molecule has 102 heavy (non-hydrogen) atoms. The minimum atomic E-state index is -4.80. The predicted molar refractivity (Wildman–Crippen MR) is 421 cm³/mol. The normalized spacial score (nSPS) is 12.9. The number of hydrogen-bond acceptors (Lipinski definition) is 6. The Labute approximate surface area is 596 Å². The quantitative estimate of drug-likeness (QED) is 0.113. The van der Waals surface area contributed by atoms with Crippen LogP contribution in [0.4, 0.5) is 98.5 Å². The summed E-state index contributed by atoms with van der Waals surface area (Å²) in [5.74, 6) is 0. The van der Waals surface area contributed by atoms with Gasteiger partial charge in [-0.3, -0.25) is 0 Å². The number of para-hydroxylation sites is 9. The van der Waals surface area contributed by atoms with Gasteiger partial charge in [0.15, 0.2) is 0 Å². The second-order valence-electron chi connectivity index (χ2n) is 26.2. The maximum Gasteiger partial charge on any atom is 0.418 e. The first kappa shape index (κ1) is 60.7. The minimum Gasteiger partial charge on any atom is -0.311 e. The number of rotatable bonds is 12. The average Bonchev–Trinajstić information content (AvgIpc) is 0.687. The SMILES string of the molecule is FC(F)(F)c1cccc(-c2ccccc2)c1N1c2cc3c(cc2B2c4ccccc4N(c4ccccc4)c4cc(N(c5ccccc5)c5ccccc5)cc1c42)B1c2ccccc2N(c2ccccc2-c2ccccc2)c2cc(N(c4ccccc4)c4ccccc4-c4ccccc4)cc(c21)S3. The summed E-state index contributed by atoms with van der Waals surface area (Å²) < 4.78 is 51.1. The van der Waals surface area contributed by atoms with Crippen LogP contribution in [-0.2, 0) is 6.18 Å². The van der Waals surface area contributed by atoms with Gasteiger partial charge in [0, 0.05) is 89.0 Å². The Bertz CT molecular complexity index is 5680. The Morgan fingerprint density at radius 3 is 1.29 bits per heavy atom. The molecule has 0 spiro atoms. The number of anilines is 15. The molecule has 15 aromatic rings. The summed E-state index contributed by atoms with van der Waals surface area (Å²) in [6.07, 6.45) is -4.80. The fourth-order valence-electron chi connectivity index (χ4n) is 16.3. The average molecular weight is 1330 g/mol. The molecule has 0 aromatic heterocycles. The molecule has 0 atom stereocenters. The van der Waals surface area contributed by atoms with Crippen molar-refractivity contribution in [2.24, 2.45) is 0 Å². The number of alkyl halides is 3. The van der Waals surface area contributed by atoms with Crippen LogP contribution in [-0.4, -0.2) is 13.4 Å². The molecule has 11 heteroatoms. The van der Waals surface area contributed by atoms with Gasteiger partial charge in [-0.1, -0.05) is 272 Å². The number of fused-ring (bicyclic) bond motifs is 8. The van der Waals surface area contributed by atoms with Gasteiger partial charge >= 0.3 is 6.18 Å². The number of nitrogens with zero attached hydrogens (tertiary/aromatic N) is 5. The van der Waals surface area contributed by atoms with E-state index in [2.05, 4.69) is 293 Å². The summed E-state index contributed by atoms with van der Waals surface area (Å²) in [4.78, 5) is 13.4. The third kappa shape index (κ3) is 10.0. The van der Waals surface area contributed by atoms with Crippen molar-refractivity contribution in [3.63, 3.8) is 0 Å². The Hall–Kier alpha value is -12.4. The third-order valence-electron chi connectivity index (χ3n) is 20.4. The molecule has 0 fully saturated rings. The molecular weight excluding hydrogens is 1270 g/mol. The van der Waals surface area contributed by atoms with E-state index in [9.17, 15) is 0 Å². The first-order chi connectivity index (χ1) is 50.3. The van der Waals surface area contributed by atoms with Crippen molar-refractivity contribution >= 4 is 143 Å². The van der Waals surface area contributed by atoms with Crippen molar-refractivity contribution in [3.05, 3.63) is 370 Å². The lowest BCUT2D eigenvalue weighted by atomic mass is 9.31. The van der Waals surface area contributed by atoms with Crippen LogP contribution >= 0.6 is 11.8 Å². The number of hydrogen-bond donors (Lipinski definition) is 0. The molecule has 0 saturated heterocycles. The molecule has 0 saturated carbocycles. The lowest BCUT2D eigenvalue weighted by Gasteiger charge is -2.46. The van der Waals surface area contributed by atoms with E-state index in [-0.39, 0.29) is 12.4 Å². The summed E-state index contributed by atoms with van der Waals surface area (Å²) in [5, 5.41) is 0. The molecule has 5 nitrogen and oxygen atoms in total. The van der Waals surface area contributed by atoms with Gasteiger partial charge in [-0.2, -0.15) is 13.2 Å². The maximum absolute atomic E-state index is 17.0. The lowest BCUT2D eigenvalue weighted by molar-refractivity contribution is -0.137. The summed E-state index contributed by atoms with van der Waals surface area (Å²) in [5.41, 5.74) is 23.6. The topological polar surface area (TPSA) is 16.2 Å². The number of benzene rings is 15. The third-order valence-corrected chi connectivity index (χ3v) is 21.6. The van der Waals surface area contributed by atoms with Gasteiger partial charge < -0.3 is 24.5 Å². The van der Waals surface area contributed by atoms with E-state index >= 15 is 13.2 Å². The van der Waals surface area contributed by atoms with Crippen molar-refractivity contribution in [2.45, 2.75) is 16.0 Å². The van der Waals surface area contributed by atoms with Gasteiger partial charge in [0.1, 0.15) is 0 Å². The molecule has 4 aliphatic rings. The summed E-state index contributed by atoms with van der Waals surface area (Å²) in [6, 6.07) is 126. The van der Waals surface area contributed by atoms with Crippen LogP contribution in [0.1, 0.15) is 5.56 Å². The zero-order valence-corrected chi connectivity index (χ0v) is 55.9. The molecule has 0 radical (unpaired) electrons. The molecule has 4 heterocycles. The van der Waals surface area contributed by atoms with E-state index in [0.29, 0.717) is 22.5 Å². The van der Waals surface area contributed by atoms with Gasteiger partial charge in [-0.25, -0.2) is 0 Å². The molecule has 0 unspecified atom stereocenters. The molecule has 0 amide bonds. The Morgan fingerprint density at radius 1 is 0.275 bits per heavy atom. The predicted octanol–water partition coefficient (Wildman–Crippen LogP) is 21.5. The van der Waals surface area contributed by atoms with Gasteiger partial charge in [0.2, 0.25) is 6.71 Å². The van der Waals surface area contributed by atoms with Crippen molar-refractivity contribution < 1.29 is 13.2 Å². The van der Waals surface area contributed by atoms with Gasteiger partial charge in [0.05, 0.1) is 28.3 Å². The van der Waals surface area contributed by atoms with E-state index in [4.69, 9.17) is 0 Å². The molecule has 0 aliphatic carbocycles. The van der Waals surface area contributed by atoms with Crippen LogP contribution in [0.2, 0.25) is 0 Å². The van der Waals surface area contributed by atoms with E-state index < -0.39 is 18.5 Å².